The van der Waals surface area contributed by atoms with Crippen molar-refractivity contribution in [2.45, 2.75) is 26.0 Å². The van der Waals surface area contributed by atoms with Crippen LogP contribution in [0.15, 0.2) is 67.0 Å². The van der Waals surface area contributed by atoms with Gasteiger partial charge in [0.2, 0.25) is 0 Å². The van der Waals surface area contributed by atoms with Crippen LogP contribution in [0.4, 0.5) is 8.78 Å². The van der Waals surface area contributed by atoms with Crippen LogP contribution in [0.3, 0.4) is 0 Å². The molecule has 1 amide bonds. The summed E-state index contributed by atoms with van der Waals surface area (Å²) in [4.78, 5) is 16.1. The third-order valence-corrected chi connectivity index (χ3v) is 4.25. The van der Waals surface area contributed by atoms with E-state index in [0.717, 1.165) is 15.7 Å². The van der Waals surface area contributed by atoms with Gasteiger partial charge in [0.1, 0.15) is 11.6 Å². The molecular weight excluding hydrogens is 364 g/mol. The Kier molecular flexibility index (Phi) is 6.37. The van der Waals surface area contributed by atoms with Gasteiger partial charge in [0.25, 0.3) is 5.91 Å². The van der Waals surface area contributed by atoms with Crippen LogP contribution in [-0.4, -0.2) is 28.1 Å². The van der Waals surface area contributed by atoms with E-state index in [1.807, 2.05) is 54.6 Å². The fraction of sp³-hybridized carbons (Fsp3) is 0.238. The monoisotopic (exact) mass is 385 g/mol. The highest BCUT2D eigenvalue weighted by Gasteiger charge is 2.16. The normalized spacial score (nSPS) is 12.0. The Labute approximate surface area is 162 Å². The summed E-state index contributed by atoms with van der Waals surface area (Å²) in [5.41, 5.74) is 2.15. The largest absolute Gasteiger partial charge is 0.481 e. The molecule has 1 heterocycles. The van der Waals surface area contributed by atoms with Gasteiger partial charge < -0.3 is 10.1 Å². The van der Waals surface area contributed by atoms with Crippen molar-refractivity contribution in [3.63, 3.8) is 0 Å². The number of nitrogens with zero attached hydrogens (tertiary/aromatic N) is 2. The van der Waals surface area contributed by atoms with Crippen LogP contribution >= 0.6 is 0 Å². The third kappa shape index (κ3) is 4.94. The number of alkyl halides is 2. The van der Waals surface area contributed by atoms with Gasteiger partial charge >= 0.3 is 6.55 Å². The van der Waals surface area contributed by atoms with E-state index >= 15 is 0 Å². The molecule has 0 aliphatic rings. The summed E-state index contributed by atoms with van der Waals surface area (Å²) in [6.45, 7) is -0.807. The van der Waals surface area contributed by atoms with E-state index in [1.165, 1.54) is 12.4 Å². The molecule has 0 radical (unpaired) electrons. The number of hydrogen-bond donors (Lipinski definition) is 1. The molecule has 1 atom stereocenters. The van der Waals surface area contributed by atoms with Gasteiger partial charge in [0.05, 0.1) is 0 Å². The number of carbonyl (C=O) groups is 1. The molecule has 5 nitrogen and oxygen atoms in total. The first-order valence-corrected chi connectivity index (χ1v) is 8.94. The molecule has 0 aliphatic carbocycles. The summed E-state index contributed by atoms with van der Waals surface area (Å²) in [7, 11) is 0. The van der Waals surface area contributed by atoms with Crippen LogP contribution in [0, 0.1) is 0 Å². The van der Waals surface area contributed by atoms with E-state index < -0.39 is 12.7 Å². The molecule has 2 aromatic carbocycles. The molecule has 1 N–H and O–H groups in total. The number of hydrogen-bond acceptors (Lipinski definition) is 3. The van der Waals surface area contributed by atoms with Crippen molar-refractivity contribution in [2.24, 2.45) is 0 Å². The zero-order valence-electron chi connectivity index (χ0n) is 15.4. The summed E-state index contributed by atoms with van der Waals surface area (Å²) in [5.74, 6) is 0.484. The van der Waals surface area contributed by atoms with Gasteiger partial charge in [-0.3, -0.25) is 9.36 Å². The number of halogens is 2. The van der Waals surface area contributed by atoms with E-state index in [-0.39, 0.29) is 24.7 Å². The number of carbonyl (C=O) groups excluding carboxylic acids is 1. The molecule has 3 rings (SSSR count). The minimum absolute atomic E-state index is 0.198. The van der Waals surface area contributed by atoms with Gasteiger partial charge in [-0.1, -0.05) is 42.5 Å². The predicted octanol–water partition coefficient (Wildman–Crippen LogP) is 4.07. The van der Waals surface area contributed by atoms with Crippen LogP contribution in [-0.2, 0) is 11.2 Å². The molecule has 0 aliphatic heterocycles. The van der Waals surface area contributed by atoms with E-state index in [4.69, 9.17) is 4.74 Å². The number of rotatable bonds is 8. The van der Waals surface area contributed by atoms with Crippen molar-refractivity contribution in [3.05, 3.63) is 72.8 Å². The molecule has 146 valence electrons. The standard InChI is InChI=1S/C21H21F2N3O2/c1-15(20(27)25-12-11-19-24-13-14-26(19)21(22)23)28-18-9-7-17(8-10-18)16-5-3-2-4-6-16/h2-10,13-15,21H,11-12H2,1H3,(H,25,27). The summed E-state index contributed by atoms with van der Waals surface area (Å²) >= 11 is 0. The predicted molar refractivity (Wildman–Crippen MR) is 102 cm³/mol. The van der Waals surface area contributed by atoms with Gasteiger partial charge in [-0.15, -0.1) is 0 Å². The van der Waals surface area contributed by atoms with E-state index in [9.17, 15) is 13.6 Å². The molecular formula is C21H21F2N3O2. The van der Waals surface area contributed by atoms with Crippen molar-refractivity contribution < 1.29 is 18.3 Å². The first kappa shape index (κ1) is 19.5. The zero-order valence-corrected chi connectivity index (χ0v) is 15.4. The number of amides is 1. The van der Waals surface area contributed by atoms with Crippen LogP contribution in [0.1, 0.15) is 19.3 Å². The fourth-order valence-electron chi connectivity index (χ4n) is 2.77. The number of benzene rings is 2. The molecule has 1 unspecified atom stereocenters. The van der Waals surface area contributed by atoms with Crippen LogP contribution in [0.5, 0.6) is 5.75 Å². The molecule has 0 saturated carbocycles. The van der Waals surface area contributed by atoms with Gasteiger partial charge in [-0.2, -0.15) is 8.78 Å². The molecule has 3 aromatic rings. The lowest BCUT2D eigenvalue weighted by atomic mass is 10.1. The third-order valence-electron chi connectivity index (χ3n) is 4.25. The molecule has 0 fully saturated rings. The number of nitrogens with one attached hydrogen (secondary N) is 1. The summed E-state index contributed by atoms with van der Waals surface area (Å²) in [6, 6.07) is 17.4. The average Bonchev–Trinajstić information content (AvgIpc) is 3.18. The smallest absolute Gasteiger partial charge is 0.319 e. The Bertz CT molecular complexity index is 896. The second-order valence-electron chi connectivity index (χ2n) is 6.22. The van der Waals surface area contributed by atoms with Gasteiger partial charge in [-0.25, -0.2) is 4.98 Å². The van der Waals surface area contributed by atoms with Crippen LogP contribution in [0.25, 0.3) is 11.1 Å². The lowest BCUT2D eigenvalue weighted by Gasteiger charge is -2.15. The summed E-state index contributed by atoms with van der Waals surface area (Å²) < 4.78 is 32.0. The van der Waals surface area contributed by atoms with Crippen molar-refractivity contribution >= 4 is 5.91 Å². The topological polar surface area (TPSA) is 56.1 Å². The minimum Gasteiger partial charge on any atom is -0.481 e. The van der Waals surface area contributed by atoms with Crippen LogP contribution in [0.2, 0.25) is 0 Å². The highest BCUT2D eigenvalue weighted by molar-refractivity contribution is 5.80. The van der Waals surface area contributed by atoms with Gasteiger partial charge in [0.15, 0.2) is 6.10 Å². The molecule has 0 bridgehead atoms. The second-order valence-corrected chi connectivity index (χ2v) is 6.22. The van der Waals surface area contributed by atoms with Gasteiger partial charge in [0, 0.05) is 25.4 Å². The van der Waals surface area contributed by atoms with Crippen molar-refractivity contribution in [1.82, 2.24) is 14.9 Å². The SMILES string of the molecule is CC(Oc1ccc(-c2ccccc2)cc1)C(=O)NCCc1nccn1C(F)F. The Morgan fingerprint density at radius 3 is 2.46 bits per heavy atom. The maximum absolute atomic E-state index is 12.8. The first-order chi connectivity index (χ1) is 13.5. The lowest BCUT2D eigenvalue weighted by molar-refractivity contribution is -0.127. The Morgan fingerprint density at radius 1 is 1.11 bits per heavy atom. The molecule has 7 heteroatoms. The zero-order chi connectivity index (χ0) is 19.9. The number of ether oxygens (including phenoxy) is 1. The van der Waals surface area contributed by atoms with E-state index in [0.29, 0.717) is 5.75 Å². The molecule has 0 saturated heterocycles. The van der Waals surface area contributed by atoms with Crippen molar-refractivity contribution in [2.75, 3.05) is 6.54 Å². The minimum atomic E-state index is -2.64. The number of imidazole rings is 1. The van der Waals surface area contributed by atoms with Crippen LogP contribution < -0.4 is 10.1 Å². The maximum atomic E-state index is 12.8. The quantitative estimate of drug-likeness (QED) is 0.636. The van der Waals surface area contributed by atoms with E-state index in [1.54, 1.807) is 6.92 Å². The first-order valence-electron chi connectivity index (χ1n) is 8.94. The lowest BCUT2D eigenvalue weighted by Crippen LogP contribution is -2.37. The summed E-state index contributed by atoms with van der Waals surface area (Å²) in [5, 5.41) is 2.68. The Balaban J connectivity index is 1.49. The molecule has 1 aromatic heterocycles. The Morgan fingerprint density at radius 2 is 1.79 bits per heavy atom. The number of aromatic nitrogens is 2. The van der Waals surface area contributed by atoms with Gasteiger partial charge in [-0.05, 0) is 30.2 Å². The van der Waals surface area contributed by atoms with Crippen molar-refractivity contribution in [1.29, 1.82) is 0 Å². The van der Waals surface area contributed by atoms with Crippen molar-refractivity contribution in [3.8, 4) is 16.9 Å². The highest BCUT2D eigenvalue weighted by Crippen LogP contribution is 2.22. The maximum Gasteiger partial charge on any atom is 0.319 e. The molecule has 28 heavy (non-hydrogen) atoms. The fourth-order valence-corrected chi connectivity index (χ4v) is 2.77. The Hall–Kier alpha value is -3.22. The summed E-state index contributed by atoms with van der Waals surface area (Å²) in [6.07, 6.45) is 2.03. The van der Waals surface area contributed by atoms with E-state index in [2.05, 4.69) is 10.3 Å². The molecule has 0 spiro atoms. The highest BCUT2D eigenvalue weighted by atomic mass is 19.3. The average molecular weight is 385 g/mol. The second kappa shape index (κ2) is 9.12.